The highest BCUT2D eigenvalue weighted by Crippen LogP contribution is 2.17. The Kier molecular flexibility index (Phi) is 5.74. The molecule has 8 nitrogen and oxygen atoms in total. The number of nitrogens with zero attached hydrogens (tertiary/aromatic N) is 4. The molecule has 2 N–H and O–H groups in total. The van der Waals surface area contributed by atoms with E-state index in [1.807, 2.05) is 4.90 Å². The Morgan fingerprint density at radius 1 is 1.35 bits per heavy atom. The van der Waals surface area contributed by atoms with Gasteiger partial charge in [-0.3, -0.25) is 4.79 Å². The maximum absolute atomic E-state index is 12.0. The Balaban J connectivity index is 1.80. The van der Waals surface area contributed by atoms with Gasteiger partial charge in [-0.05, 0) is 18.6 Å². The van der Waals surface area contributed by atoms with E-state index in [1.54, 1.807) is 23.2 Å². The van der Waals surface area contributed by atoms with Gasteiger partial charge < -0.3 is 20.2 Å². The molecule has 0 bridgehead atoms. The van der Waals surface area contributed by atoms with Crippen LogP contribution in [0.1, 0.15) is 18.4 Å². The molecule has 2 heterocycles. The molecule has 2 amide bonds. The lowest BCUT2D eigenvalue weighted by atomic mass is 10.2. The smallest absolute Gasteiger partial charge is 0.317 e. The molecule has 0 unspecified atom stereocenters. The monoisotopic (exact) mass is 317 g/mol. The Bertz CT molecular complexity index is 605. The Labute approximate surface area is 134 Å². The van der Waals surface area contributed by atoms with E-state index in [1.165, 1.54) is 0 Å². The summed E-state index contributed by atoms with van der Waals surface area (Å²) in [7, 11) is 0. The van der Waals surface area contributed by atoms with E-state index >= 15 is 0 Å². The van der Waals surface area contributed by atoms with Crippen molar-refractivity contribution in [3.05, 3.63) is 23.9 Å². The highest BCUT2D eigenvalue weighted by molar-refractivity contribution is 5.74. The van der Waals surface area contributed by atoms with Crippen LogP contribution in [0.3, 0.4) is 0 Å². The minimum atomic E-state index is -0.864. The number of hydrogen-bond acceptors (Lipinski definition) is 5. The van der Waals surface area contributed by atoms with Gasteiger partial charge in [0, 0.05) is 45.3 Å². The second kappa shape index (κ2) is 7.98. The van der Waals surface area contributed by atoms with Gasteiger partial charge in [0.25, 0.3) is 0 Å². The van der Waals surface area contributed by atoms with Crippen molar-refractivity contribution in [1.29, 1.82) is 5.26 Å². The van der Waals surface area contributed by atoms with Gasteiger partial charge in [-0.15, -0.1) is 0 Å². The number of carbonyl (C=O) groups is 2. The normalized spacial score (nSPS) is 14.2. The summed E-state index contributed by atoms with van der Waals surface area (Å²) < 4.78 is 0. The van der Waals surface area contributed by atoms with E-state index < -0.39 is 5.97 Å². The number of aliphatic carboxylic acids is 1. The van der Waals surface area contributed by atoms with Crippen LogP contribution in [0.5, 0.6) is 0 Å². The Morgan fingerprint density at radius 3 is 2.74 bits per heavy atom. The molecule has 0 aromatic carbocycles. The van der Waals surface area contributed by atoms with Crippen molar-refractivity contribution in [3.8, 4) is 6.07 Å². The molecular formula is C15H19N5O3. The zero-order chi connectivity index (χ0) is 16.7. The zero-order valence-corrected chi connectivity index (χ0v) is 12.7. The predicted octanol–water partition coefficient (Wildman–Crippen LogP) is 0.650. The third-order valence-electron chi connectivity index (χ3n) is 3.62. The summed E-state index contributed by atoms with van der Waals surface area (Å²) in [6, 6.07) is 5.39. The number of carbonyl (C=O) groups excluding carboxylic acids is 1. The number of hydrogen-bond donors (Lipinski definition) is 2. The number of piperazine rings is 1. The highest BCUT2D eigenvalue weighted by atomic mass is 16.4. The molecule has 1 saturated heterocycles. The molecule has 1 aromatic heterocycles. The second-order valence-corrected chi connectivity index (χ2v) is 5.19. The molecule has 0 aliphatic carbocycles. The SMILES string of the molecule is N#Cc1cccnc1N1CCN(C(=O)NCCCC(=O)O)CC1. The minimum Gasteiger partial charge on any atom is -0.481 e. The maximum atomic E-state index is 12.0. The molecule has 0 atom stereocenters. The van der Waals surface area contributed by atoms with E-state index in [0.717, 1.165) is 0 Å². The topological polar surface area (TPSA) is 110 Å². The molecule has 0 spiro atoms. The lowest BCUT2D eigenvalue weighted by molar-refractivity contribution is -0.137. The van der Waals surface area contributed by atoms with Crippen LogP contribution in [0.2, 0.25) is 0 Å². The standard InChI is InChI=1S/C15H19N5O3/c16-11-12-3-1-5-17-14(12)19-7-9-20(10-8-19)15(23)18-6-2-4-13(21)22/h1,3,5H,2,4,6-10H2,(H,18,23)(H,21,22). The van der Waals surface area contributed by atoms with Gasteiger partial charge in [-0.2, -0.15) is 5.26 Å². The Hall–Kier alpha value is -2.82. The van der Waals surface area contributed by atoms with Gasteiger partial charge in [0.05, 0.1) is 5.56 Å². The summed E-state index contributed by atoms with van der Waals surface area (Å²) in [5, 5.41) is 20.4. The molecule has 2 rings (SSSR count). The van der Waals surface area contributed by atoms with Gasteiger partial charge in [-0.1, -0.05) is 0 Å². The van der Waals surface area contributed by atoms with Crippen LogP contribution in [0.25, 0.3) is 0 Å². The van der Waals surface area contributed by atoms with Gasteiger partial charge >= 0.3 is 12.0 Å². The fourth-order valence-electron chi connectivity index (χ4n) is 2.40. The van der Waals surface area contributed by atoms with Gasteiger partial charge in [0.1, 0.15) is 11.9 Å². The van der Waals surface area contributed by atoms with Crippen LogP contribution in [-0.4, -0.2) is 59.7 Å². The third kappa shape index (κ3) is 4.57. The van der Waals surface area contributed by atoms with Crippen LogP contribution in [0, 0.1) is 11.3 Å². The molecule has 0 saturated carbocycles. The number of nitriles is 1. The number of nitrogens with one attached hydrogen (secondary N) is 1. The number of pyridine rings is 1. The minimum absolute atomic E-state index is 0.0463. The molecule has 122 valence electrons. The first kappa shape index (κ1) is 16.5. The summed E-state index contributed by atoms with van der Waals surface area (Å²) in [6.07, 6.45) is 2.11. The molecule has 1 aliphatic heterocycles. The van der Waals surface area contributed by atoms with Gasteiger partial charge in [-0.25, -0.2) is 9.78 Å². The van der Waals surface area contributed by atoms with E-state index in [2.05, 4.69) is 16.4 Å². The van der Waals surface area contributed by atoms with Crippen molar-refractivity contribution in [2.45, 2.75) is 12.8 Å². The van der Waals surface area contributed by atoms with Crippen molar-refractivity contribution in [3.63, 3.8) is 0 Å². The zero-order valence-electron chi connectivity index (χ0n) is 12.7. The number of carboxylic acids is 1. The molecule has 8 heteroatoms. The Morgan fingerprint density at radius 2 is 2.09 bits per heavy atom. The molecular weight excluding hydrogens is 298 g/mol. The quantitative estimate of drug-likeness (QED) is 0.772. The summed E-state index contributed by atoms with van der Waals surface area (Å²) in [5.74, 6) is -0.215. The molecule has 1 aliphatic rings. The average Bonchev–Trinajstić information content (AvgIpc) is 2.58. The summed E-state index contributed by atoms with van der Waals surface area (Å²) in [4.78, 5) is 30.3. The van der Waals surface area contributed by atoms with E-state index in [-0.39, 0.29) is 12.5 Å². The number of anilines is 1. The molecule has 23 heavy (non-hydrogen) atoms. The number of rotatable bonds is 5. The largest absolute Gasteiger partial charge is 0.481 e. The van der Waals surface area contributed by atoms with Crippen molar-refractivity contribution < 1.29 is 14.7 Å². The highest BCUT2D eigenvalue weighted by Gasteiger charge is 2.23. The molecule has 0 radical (unpaired) electrons. The second-order valence-electron chi connectivity index (χ2n) is 5.19. The van der Waals surface area contributed by atoms with E-state index in [9.17, 15) is 9.59 Å². The van der Waals surface area contributed by atoms with E-state index in [4.69, 9.17) is 10.4 Å². The average molecular weight is 317 g/mol. The summed E-state index contributed by atoms with van der Waals surface area (Å²) in [5.41, 5.74) is 0.527. The molecule has 1 aromatic rings. The van der Waals surface area contributed by atoms with Crippen LogP contribution in [0.15, 0.2) is 18.3 Å². The van der Waals surface area contributed by atoms with Crippen LogP contribution in [0.4, 0.5) is 10.6 Å². The fraction of sp³-hybridized carbons (Fsp3) is 0.467. The predicted molar refractivity (Wildman–Crippen MR) is 83.0 cm³/mol. The first-order valence-electron chi connectivity index (χ1n) is 7.46. The summed E-state index contributed by atoms with van der Waals surface area (Å²) >= 11 is 0. The van der Waals surface area contributed by atoms with E-state index in [0.29, 0.717) is 50.5 Å². The maximum Gasteiger partial charge on any atom is 0.317 e. The van der Waals surface area contributed by atoms with Gasteiger partial charge in [0.2, 0.25) is 0 Å². The number of aromatic nitrogens is 1. The lowest BCUT2D eigenvalue weighted by Gasteiger charge is -2.35. The number of amides is 2. The molecule has 1 fully saturated rings. The summed E-state index contributed by atoms with van der Waals surface area (Å²) in [6.45, 7) is 2.63. The van der Waals surface area contributed by atoms with Gasteiger partial charge in [0.15, 0.2) is 0 Å². The first-order chi connectivity index (χ1) is 11.1. The van der Waals surface area contributed by atoms with Crippen molar-refractivity contribution >= 4 is 17.8 Å². The van der Waals surface area contributed by atoms with Crippen LogP contribution >= 0.6 is 0 Å². The number of carboxylic acid groups (broad SMARTS) is 1. The first-order valence-corrected chi connectivity index (χ1v) is 7.46. The van der Waals surface area contributed by atoms with Crippen LogP contribution in [-0.2, 0) is 4.79 Å². The fourth-order valence-corrected chi connectivity index (χ4v) is 2.40. The van der Waals surface area contributed by atoms with Crippen molar-refractivity contribution in [2.24, 2.45) is 0 Å². The van der Waals surface area contributed by atoms with Crippen molar-refractivity contribution in [1.82, 2.24) is 15.2 Å². The number of urea groups is 1. The lowest BCUT2D eigenvalue weighted by Crippen LogP contribution is -2.52. The van der Waals surface area contributed by atoms with Crippen molar-refractivity contribution in [2.75, 3.05) is 37.6 Å². The van der Waals surface area contributed by atoms with Crippen LogP contribution < -0.4 is 10.2 Å². The third-order valence-corrected chi connectivity index (χ3v) is 3.62.